The third-order valence-electron chi connectivity index (χ3n) is 5.96. The molecule has 0 bridgehead atoms. The average Bonchev–Trinajstić information content (AvgIpc) is 3.09. The number of carbonyl (C=O) groups is 1. The van der Waals surface area contributed by atoms with Crippen molar-refractivity contribution < 1.29 is 27.4 Å². The molecule has 1 amide bonds. The Morgan fingerprint density at radius 1 is 1.03 bits per heavy atom. The van der Waals surface area contributed by atoms with Gasteiger partial charge in [0.05, 0.1) is 31.8 Å². The maximum absolute atomic E-state index is 13.1. The molecule has 0 saturated carbocycles. The van der Waals surface area contributed by atoms with Crippen LogP contribution in [0.25, 0.3) is 0 Å². The van der Waals surface area contributed by atoms with Gasteiger partial charge in [-0.15, -0.1) is 0 Å². The first kappa shape index (κ1) is 24.3. The van der Waals surface area contributed by atoms with E-state index in [0.29, 0.717) is 63.9 Å². The zero-order valence-electron chi connectivity index (χ0n) is 19.4. The Kier molecular flexibility index (Phi) is 7.91. The number of fused-ring (bicyclic) bond motifs is 1. The van der Waals surface area contributed by atoms with E-state index in [1.165, 1.54) is 10.4 Å². The first-order valence-corrected chi connectivity index (χ1v) is 12.9. The zero-order chi connectivity index (χ0) is 24.0. The Balaban J connectivity index is 1.26. The van der Waals surface area contributed by atoms with Gasteiger partial charge in [0, 0.05) is 45.2 Å². The number of methoxy groups -OCH3 is 1. The summed E-state index contributed by atoms with van der Waals surface area (Å²) in [6.45, 7) is 3.43. The summed E-state index contributed by atoms with van der Waals surface area (Å²) in [7, 11) is -2.02. The second-order valence-corrected chi connectivity index (χ2v) is 10.2. The number of hydrogen-bond donors (Lipinski definition) is 1. The highest BCUT2D eigenvalue weighted by Gasteiger charge is 2.30. The van der Waals surface area contributed by atoms with Crippen molar-refractivity contribution in [2.45, 2.75) is 17.7 Å². The highest BCUT2D eigenvalue weighted by Crippen LogP contribution is 2.33. The van der Waals surface area contributed by atoms with Crippen LogP contribution in [-0.2, 0) is 21.2 Å². The molecule has 1 N–H and O–H groups in total. The van der Waals surface area contributed by atoms with E-state index < -0.39 is 10.0 Å². The Labute approximate surface area is 200 Å². The largest absolute Gasteiger partial charge is 0.496 e. The molecule has 1 fully saturated rings. The molecule has 0 unspecified atom stereocenters. The molecule has 9 nitrogen and oxygen atoms in total. The molecule has 0 aromatic heterocycles. The van der Waals surface area contributed by atoms with Crippen molar-refractivity contribution in [2.24, 2.45) is 0 Å². The maximum atomic E-state index is 13.1. The number of sulfonamides is 1. The lowest BCUT2D eigenvalue weighted by Crippen LogP contribution is -2.51. The minimum absolute atomic E-state index is 0.0749. The number of benzene rings is 2. The van der Waals surface area contributed by atoms with Gasteiger partial charge in [-0.1, -0.05) is 18.2 Å². The Morgan fingerprint density at radius 3 is 2.53 bits per heavy atom. The number of ether oxygens (including phenoxy) is 3. The lowest BCUT2D eigenvalue weighted by Gasteiger charge is -2.33. The van der Waals surface area contributed by atoms with Gasteiger partial charge in [-0.2, -0.15) is 4.31 Å². The van der Waals surface area contributed by atoms with Crippen molar-refractivity contribution in [3.05, 3.63) is 48.0 Å². The normalized spacial score (nSPS) is 17.1. The highest BCUT2D eigenvalue weighted by atomic mass is 32.2. The number of hydrogen-bond acceptors (Lipinski definition) is 7. The third kappa shape index (κ3) is 5.81. The van der Waals surface area contributed by atoms with Crippen molar-refractivity contribution in [3.8, 4) is 17.2 Å². The molecule has 0 radical (unpaired) electrons. The Morgan fingerprint density at radius 2 is 1.76 bits per heavy atom. The molecule has 34 heavy (non-hydrogen) atoms. The van der Waals surface area contributed by atoms with Crippen LogP contribution in [0.5, 0.6) is 17.2 Å². The van der Waals surface area contributed by atoms with E-state index >= 15 is 0 Å². The van der Waals surface area contributed by atoms with Crippen LogP contribution in [0, 0.1) is 0 Å². The van der Waals surface area contributed by atoms with Crippen LogP contribution >= 0.6 is 0 Å². The molecule has 0 aliphatic carbocycles. The molecule has 0 spiro atoms. The minimum Gasteiger partial charge on any atom is -0.496 e. The van der Waals surface area contributed by atoms with Crippen LogP contribution in [-0.4, -0.2) is 83.1 Å². The van der Waals surface area contributed by atoms with Gasteiger partial charge in [0.15, 0.2) is 11.5 Å². The molecule has 1 saturated heterocycles. The van der Waals surface area contributed by atoms with Crippen LogP contribution in [0.3, 0.4) is 0 Å². The Bertz CT molecular complexity index is 1100. The van der Waals surface area contributed by atoms with Crippen LogP contribution in [0.2, 0.25) is 0 Å². The minimum atomic E-state index is -3.65. The molecule has 2 aromatic carbocycles. The lowest BCUT2D eigenvalue weighted by molar-refractivity contribution is -0.122. The van der Waals surface area contributed by atoms with E-state index in [1.54, 1.807) is 19.2 Å². The number of nitrogens with zero attached hydrogens (tertiary/aromatic N) is 2. The van der Waals surface area contributed by atoms with Gasteiger partial charge >= 0.3 is 0 Å². The zero-order valence-corrected chi connectivity index (χ0v) is 20.2. The van der Waals surface area contributed by atoms with E-state index in [2.05, 4.69) is 5.32 Å². The van der Waals surface area contributed by atoms with E-state index in [-0.39, 0.29) is 17.3 Å². The standard InChI is InChI=1S/C24H31N3O6S/c1-31-21-6-3-2-5-19(21)9-10-25-24(28)18-26-11-13-27(14-12-26)34(29,30)20-7-8-22-23(17-20)33-16-4-15-32-22/h2-3,5-8,17H,4,9-16,18H2,1H3,(H,25,28). The van der Waals surface area contributed by atoms with Crippen LogP contribution in [0.4, 0.5) is 0 Å². The molecule has 2 heterocycles. The van der Waals surface area contributed by atoms with Gasteiger partial charge in [-0.05, 0) is 30.2 Å². The summed E-state index contributed by atoms with van der Waals surface area (Å²) >= 11 is 0. The summed E-state index contributed by atoms with van der Waals surface area (Å²) in [5, 5.41) is 2.94. The molecular weight excluding hydrogens is 458 g/mol. The van der Waals surface area contributed by atoms with Crippen LogP contribution < -0.4 is 19.5 Å². The van der Waals surface area contributed by atoms with Crippen LogP contribution in [0.1, 0.15) is 12.0 Å². The number of nitrogens with one attached hydrogen (secondary N) is 1. The SMILES string of the molecule is COc1ccccc1CCNC(=O)CN1CCN(S(=O)(=O)c2ccc3c(c2)OCCCO3)CC1. The van der Waals surface area contributed by atoms with Gasteiger partial charge in [0.1, 0.15) is 5.75 Å². The van der Waals surface area contributed by atoms with E-state index in [0.717, 1.165) is 17.7 Å². The summed E-state index contributed by atoms with van der Waals surface area (Å²) in [4.78, 5) is 14.5. The maximum Gasteiger partial charge on any atom is 0.243 e. The second-order valence-electron chi connectivity index (χ2n) is 8.25. The molecule has 2 aliphatic rings. The molecule has 10 heteroatoms. The first-order valence-electron chi connectivity index (χ1n) is 11.5. The van der Waals surface area contributed by atoms with E-state index in [9.17, 15) is 13.2 Å². The topological polar surface area (TPSA) is 97.4 Å². The molecule has 4 rings (SSSR count). The van der Waals surface area contributed by atoms with Gasteiger partial charge in [-0.25, -0.2) is 8.42 Å². The van der Waals surface area contributed by atoms with Crippen molar-refractivity contribution in [3.63, 3.8) is 0 Å². The predicted molar refractivity (Wildman–Crippen MR) is 127 cm³/mol. The van der Waals surface area contributed by atoms with Crippen molar-refractivity contribution >= 4 is 15.9 Å². The van der Waals surface area contributed by atoms with Gasteiger partial charge in [0.2, 0.25) is 15.9 Å². The molecule has 2 aromatic rings. The molecule has 184 valence electrons. The van der Waals surface area contributed by atoms with Gasteiger partial charge in [-0.3, -0.25) is 9.69 Å². The van der Waals surface area contributed by atoms with Crippen molar-refractivity contribution in [1.29, 1.82) is 0 Å². The lowest BCUT2D eigenvalue weighted by atomic mass is 10.1. The quantitative estimate of drug-likeness (QED) is 0.601. The molecular formula is C24H31N3O6S. The van der Waals surface area contributed by atoms with Gasteiger partial charge in [0.25, 0.3) is 0 Å². The summed E-state index contributed by atoms with van der Waals surface area (Å²) in [6.07, 6.45) is 1.43. The summed E-state index contributed by atoms with van der Waals surface area (Å²) in [5.41, 5.74) is 1.04. The number of piperazine rings is 1. The first-order chi connectivity index (χ1) is 16.5. The van der Waals surface area contributed by atoms with E-state index in [1.807, 2.05) is 29.2 Å². The monoisotopic (exact) mass is 489 g/mol. The predicted octanol–water partition coefficient (Wildman–Crippen LogP) is 1.52. The average molecular weight is 490 g/mol. The van der Waals surface area contributed by atoms with Crippen LogP contribution in [0.15, 0.2) is 47.4 Å². The van der Waals surface area contributed by atoms with Crippen molar-refractivity contribution in [2.75, 3.05) is 59.6 Å². The second kappa shape index (κ2) is 11.1. The Hall–Kier alpha value is -2.82. The molecule has 2 aliphatic heterocycles. The van der Waals surface area contributed by atoms with Crippen molar-refractivity contribution in [1.82, 2.24) is 14.5 Å². The number of carbonyl (C=O) groups excluding carboxylic acids is 1. The van der Waals surface area contributed by atoms with E-state index in [4.69, 9.17) is 14.2 Å². The number of para-hydroxylation sites is 1. The fourth-order valence-electron chi connectivity index (χ4n) is 4.09. The van der Waals surface area contributed by atoms with Gasteiger partial charge < -0.3 is 19.5 Å². The summed E-state index contributed by atoms with van der Waals surface area (Å²) < 4.78 is 44.3. The fraction of sp³-hybridized carbons (Fsp3) is 0.458. The summed E-state index contributed by atoms with van der Waals surface area (Å²) in [6, 6.07) is 12.5. The fourth-order valence-corrected chi connectivity index (χ4v) is 5.52. The smallest absolute Gasteiger partial charge is 0.243 e. The highest BCUT2D eigenvalue weighted by molar-refractivity contribution is 7.89. The third-order valence-corrected chi connectivity index (χ3v) is 7.86. The number of amides is 1. The summed E-state index contributed by atoms with van der Waals surface area (Å²) in [5.74, 6) is 1.76. The molecule has 0 atom stereocenters. The number of rotatable bonds is 8.